The second-order valence-electron chi connectivity index (χ2n) is 4.83. The van der Waals surface area contributed by atoms with E-state index in [0.29, 0.717) is 5.92 Å². The fourth-order valence-electron chi connectivity index (χ4n) is 2.37. The lowest BCUT2D eigenvalue weighted by Crippen LogP contribution is -2.17. The quantitative estimate of drug-likeness (QED) is 0.854. The molecule has 1 aliphatic rings. The maximum atomic E-state index is 10.6. The zero-order valence-corrected chi connectivity index (χ0v) is 9.69. The zero-order chi connectivity index (χ0) is 11.7. The number of fused-ring (bicyclic) bond motifs is 1. The van der Waals surface area contributed by atoms with Crippen LogP contribution in [0.25, 0.3) is 0 Å². The SMILES string of the molecule is CC(C)c1noc2c1CCC(CC(=O)O)C2. The molecule has 1 atom stereocenters. The third-order valence-electron chi connectivity index (χ3n) is 3.19. The van der Waals surface area contributed by atoms with E-state index in [4.69, 9.17) is 9.63 Å². The third kappa shape index (κ3) is 2.10. The number of aliphatic carboxylic acids is 1. The first-order valence-corrected chi connectivity index (χ1v) is 5.77. The van der Waals surface area contributed by atoms with E-state index in [0.717, 1.165) is 30.7 Å². The Morgan fingerprint density at radius 2 is 2.38 bits per heavy atom. The van der Waals surface area contributed by atoms with Crippen molar-refractivity contribution in [2.75, 3.05) is 0 Å². The molecule has 0 aliphatic heterocycles. The van der Waals surface area contributed by atoms with Crippen LogP contribution in [0.4, 0.5) is 0 Å². The largest absolute Gasteiger partial charge is 0.481 e. The van der Waals surface area contributed by atoms with Crippen LogP contribution in [0.3, 0.4) is 0 Å². The van der Waals surface area contributed by atoms with Crippen LogP contribution < -0.4 is 0 Å². The number of carboxylic acids is 1. The Morgan fingerprint density at radius 3 is 3.00 bits per heavy atom. The Kier molecular flexibility index (Phi) is 2.99. The van der Waals surface area contributed by atoms with E-state index in [1.54, 1.807) is 0 Å². The average Bonchev–Trinajstić information content (AvgIpc) is 2.59. The monoisotopic (exact) mass is 223 g/mol. The molecule has 0 saturated heterocycles. The fraction of sp³-hybridized carbons (Fsp3) is 0.667. The molecule has 0 radical (unpaired) electrons. The summed E-state index contributed by atoms with van der Waals surface area (Å²) in [6.07, 6.45) is 2.79. The van der Waals surface area contributed by atoms with Gasteiger partial charge in [0.1, 0.15) is 5.76 Å². The van der Waals surface area contributed by atoms with Gasteiger partial charge in [0.25, 0.3) is 0 Å². The standard InChI is InChI=1S/C12H17NO3/c1-7(2)12-9-4-3-8(6-11(14)15)5-10(9)16-13-12/h7-8H,3-6H2,1-2H3,(H,14,15). The predicted molar refractivity (Wildman–Crippen MR) is 58.4 cm³/mol. The minimum absolute atomic E-state index is 0.206. The number of hydrogen-bond acceptors (Lipinski definition) is 3. The molecule has 1 heterocycles. The molecule has 0 saturated carbocycles. The minimum atomic E-state index is -0.725. The first kappa shape index (κ1) is 11.2. The van der Waals surface area contributed by atoms with Crippen LogP contribution in [0.2, 0.25) is 0 Å². The van der Waals surface area contributed by atoms with Crippen molar-refractivity contribution in [3.63, 3.8) is 0 Å². The van der Waals surface area contributed by atoms with Gasteiger partial charge in [-0.05, 0) is 24.7 Å². The second-order valence-corrected chi connectivity index (χ2v) is 4.83. The summed E-state index contributed by atoms with van der Waals surface area (Å²) in [6, 6.07) is 0. The van der Waals surface area contributed by atoms with Crippen LogP contribution in [0.5, 0.6) is 0 Å². The number of carboxylic acid groups (broad SMARTS) is 1. The molecule has 0 amide bonds. The molecule has 2 rings (SSSR count). The molecular weight excluding hydrogens is 206 g/mol. The summed E-state index contributed by atoms with van der Waals surface area (Å²) in [5, 5.41) is 12.8. The van der Waals surface area contributed by atoms with Gasteiger partial charge in [0.2, 0.25) is 0 Å². The summed E-state index contributed by atoms with van der Waals surface area (Å²) in [5.74, 6) is 0.764. The topological polar surface area (TPSA) is 63.3 Å². The molecular formula is C12H17NO3. The lowest BCUT2D eigenvalue weighted by Gasteiger charge is -2.19. The Hall–Kier alpha value is -1.32. The van der Waals surface area contributed by atoms with E-state index < -0.39 is 5.97 Å². The molecule has 0 aromatic carbocycles. The van der Waals surface area contributed by atoms with Gasteiger partial charge in [-0.1, -0.05) is 19.0 Å². The molecule has 1 aromatic heterocycles. The summed E-state index contributed by atoms with van der Waals surface area (Å²) >= 11 is 0. The maximum absolute atomic E-state index is 10.6. The van der Waals surface area contributed by atoms with E-state index in [2.05, 4.69) is 19.0 Å². The summed E-state index contributed by atoms with van der Waals surface area (Å²) in [7, 11) is 0. The van der Waals surface area contributed by atoms with Crippen molar-refractivity contribution in [3.8, 4) is 0 Å². The molecule has 0 spiro atoms. The molecule has 1 aromatic rings. The van der Waals surface area contributed by atoms with Gasteiger partial charge in [-0.25, -0.2) is 0 Å². The molecule has 1 N–H and O–H groups in total. The van der Waals surface area contributed by atoms with Gasteiger partial charge in [0.15, 0.2) is 0 Å². The first-order chi connectivity index (χ1) is 7.58. The predicted octanol–water partition coefficient (Wildman–Crippen LogP) is 2.38. The smallest absolute Gasteiger partial charge is 0.303 e. The summed E-state index contributed by atoms with van der Waals surface area (Å²) < 4.78 is 5.32. The molecule has 4 nitrogen and oxygen atoms in total. The van der Waals surface area contributed by atoms with E-state index >= 15 is 0 Å². The van der Waals surface area contributed by atoms with Gasteiger partial charge >= 0.3 is 5.97 Å². The Bertz CT molecular complexity index is 395. The van der Waals surface area contributed by atoms with Crippen molar-refractivity contribution in [1.82, 2.24) is 5.16 Å². The van der Waals surface area contributed by atoms with E-state index in [1.807, 2.05) is 0 Å². The van der Waals surface area contributed by atoms with Crippen molar-refractivity contribution in [3.05, 3.63) is 17.0 Å². The minimum Gasteiger partial charge on any atom is -0.481 e. The van der Waals surface area contributed by atoms with Crippen LogP contribution in [0.15, 0.2) is 4.52 Å². The number of hydrogen-bond donors (Lipinski definition) is 1. The highest BCUT2D eigenvalue weighted by Crippen LogP contribution is 2.32. The van der Waals surface area contributed by atoms with E-state index in [-0.39, 0.29) is 12.3 Å². The van der Waals surface area contributed by atoms with Crippen LogP contribution in [0.1, 0.15) is 49.6 Å². The Morgan fingerprint density at radius 1 is 1.62 bits per heavy atom. The van der Waals surface area contributed by atoms with Crippen LogP contribution in [-0.2, 0) is 17.6 Å². The molecule has 0 fully saturated rings. The molecule has 16 heavy (non-hydrogen) atoms. The average molecular weight is 223 g/mol. The highest BCUT2D eigenvalue weighted by molar-refractivity contribution is 5.67. The van der Waals surface area contributed by atoms with Gasteiger partial charge in [-0.2, -0.15) is 0 Å². The maximum Gasteiger partial charge on any atom is 0.303 e. The normalized spacial score (nSPS) is 19.8. The molecule has 1 unspecified atom stereocenters. The van der Waals surface area contributed by atoms with Gasteiger partial charge in [0, 0.05) is 18.4 Å². The van der Waals surface area contributed by atoms with Crippen LogP contribution in [0, 0.1) is 5.92 Å². The van der Waals surface area contributed by atoms with Crippen molar-refractivity contribution >= 4 is 5.97 Å². The fourth-order valence-corrected chi connectivity index (χ4v) is 2.37. The van der Waals surface area contributed by atoms with E-state index in [9.17, 15) is 4.79 Å². The Labute approximate surface area is 94.6 Å². The number of rotatable bonds is 3. The molecule has 4 heteroatoms. The Balaban J connectivity index is 2.13. The molecule has 88 valence electrons. The van der Waals surface area contributed by atoms with Crippen molar-refractivity contribution < 1.29 is 14.4 Å². The lowest BCUT2D eigenvalue weighted by atomic mass is 9.84. The number of nitrogens with zero attached hydrogens (tertiary/aromatic N) is 1. The van der Waals surface area contributed by atoms with Crippen molar-refractivity contribution in [2.24, 2.45) is 5.92 Å². The first-order valence-electron chi connectivity index (χ1n) is 5.77. The van der Waals surface area contributed by atoms with Crippen LogP contribution in [-0.4, -0.2) is 16.2 Å². The summed E-state index contributed by atoms with van der Waals surface area (Å²) in [4.78, 5) is 10.6. The van der Waals surface area contributed by atoms with E-state index in [1.165, 1.54) is 5.56 Å². The van der Waals surface area contributed by atoms with Crippen molar-refractivity contribution in [1.29, 1.82) is 0 Å². The number of aromatic nitrogens is 1. The second kappa shape index (κ2) is 4.28. The number of carbonyl (C=O) groups is 1. The van der Waals surface area contributed by atoms with Gasteiger partial charge in [-0.3, -0.25) is 4.79 Å². The molecule has 0 bridgehead atoms. The summed E-state index contributed by atoms with van der Waals surface area (Å²) in [5.41, 5.74) is 2.26. The van der Waals surface area contributed by atoms with Gasteiger partial charge < -0.3 is 9.63 Å². The van der Waals surface area contributed by atoms with Gasteiger partial charge in [-0.15, -0.1) is 0 Å². The zero-order valence-electron chi connectivity index (χ0n) is 9.69. The third-order valence-corrected chi connectivity index (χ3v) is 3.19. The van der Waals surface area contributed by atoms with Crippen LogP contribution >= 0.6 is 0 Å². The molecule has 1 aliphatic carbocycles. The lowest BCUT2D eigenvalue weighted by molar-refractivity contribution is -0.138. The summed E-state index contributed by atoms with van der Waals surface area (Å²) in [6.45, 7) is 4.20. The highest BCUT2D eigenvalue weighted by Gasteiger charge is 2.27. The van der Waals surface area contributed by atoms with Gasteiger partial charge in [0.05, 0.1) is 5.69 Å². The highest BCUT2D eigenvalue weighted by atomic mass is 16.5. The van der Waals surface area contributed by atoms with Crippen molar-refractivity contribution in [2.45, 2.75) is 45.4 Å².